The van der Waals surface area contributed by atoms with Crippen molar-refractivity contribution in [1.29, 1.82) is 0 Å². The second-order valence-corrected chi connectivity index (χ2v) is 6.08. The average molecular weight is 267 g/mol. The standard InChI is InChI=1S/C17H17NS/c1-12-17(19-13(2)18-12)11-14-8-9-16(10-14)15-6-4-3-5-7-15/h3-9,11-12,18H,2,10H2,1H3/b17-11-. The van der Waals surface area contributed by atoms with Crippen molar-refractivity contribution < 1.29 is 0 Å². The van der Waals surface area contributed by atoms with Gasteiger partial charge in [0.25, 0.3) is 0 Å². The van der Waals surface area contributed by atoms with Gasteiger partial charge in [0, 0.05) is 4.91 Å². The highest BCUT2D eigenvalue weighted by molar-refractivity contribution is 8.07. The molecule has 1 nitrogen and oxygen atoms in total. The molecule has 1 fully saturated rings. The second kappa shape index (κ2) is 5.14. The topological polar surface area (TPSA) is 12.0 Å². The highest BCUT2D eigenvalue weighted by Crippen LogP contribution is 2.36. The Morgan fingerprint density at radius 3 is 2.74 bits per heavy atom. The molecule has 1 aromatic rings. The zero-order valence-electron chi connectivity index (χ0n) is 11.0. The molecule has 1 atom stereocenters. The van der Waals surface area contributed by atoms with Crippen LogP contribution in [0.4, 0.5) is 0 Å². The second-order valence-electron chi connectivity index (χ2n) is 4.91. The fraction of sp³-hybridized carbons (Fsp3) is 0.176. The molecule has 0 bridgehead atoms. The molecule has 0 radical (unpaired) electrons. The lowest BCUT2D eigenvalue weighted by Crippen LogP contribution is -2.16. The minimum atomic E-state index is 0.388. The summed E-state index contributed by atoms with van der Waals surface area (Å²) < 4.78 is 0. The molecule has 1 aromatic carbocycles. The molecule has 0 aromatic heterocycles. The maximum absolute atomic E-state index is 3.97. The van der Waals surface area contributed by atoms with Crippen molar-refractivity contribution in [2.24, 2.45) is 0 Å². The van der Waals surface area contributed by atoms with E-state index in [2.05, 4.69) is 67.4 Å². The van der Waals surface area contributed by atoms with Crippen LogP contribution in [0, 0.1) is 0 Å². The third-order valence-electron chi connectivity index (χ3n) is 3.41. The molecule has 1 heterocycles. The van der Waals surface area contributed by atoms with Gasteiger partial charge in [-0.2, -0.15) is 0 Å². The Morgan fingerprint density at radius 1 is 1.26 bits per heavy atom. The Balaban J connectivity index is 1.72. The van der Waals surface area contributed by atoms with Gasteiger partial charge in [-0.25, -0.2) is 0 Å². The molecule has 3 rings (SSSR count). The van der Waals surface area contributed by atoms with E-state index in [1.807, 2.05) is 0 Å². The van der Waals surface area contributed by atoms with Gasteiger partial charge >= 0.3 is 0 Å². The van der Waals surface area contributed by atoms with Crippen LogP contribution in [0.3, 0.4) is 0 Å². The summed E-state index contributed by atoms with van der Waals surface area (Å²) in [7, 11) is 0. The van der Waals surface area contributed by atoms with Crippen LogP contribution in [0.5, 0.6) is 0 Å². The maximum Gasteiger partial charge on any atom is 0.0659 e. The van der Waals surface area contributed by atoms with Crippen molar-refractivity contribution in [3.8, 4) is 0 Å². The average Bonchev–Trinajstić information content (AvgIpc) is 2.99. The van der Waals surface area contributed by atoms with Crippen LogP contribution >= 0.6 is 11.8 Å². The van der Waals surface area contributed by atoms with Gasteiger partial charge in [0.15, 0.2) is 0 Å². The predicted molar refractivity (Wildman–Crippen MR) is 84.5 cm³/mol. The Hall–Kier alpha value is -1.67. The fourth-order valence-corrected chi connectivity index (χ4v) is 3.37. The Morgan fingerprint density at radius 2 is 2.05 bits per heavy atom. The van der Waals surface area contributed by atoms with Crippen molar-refractivity contribution in [2.75, 3.05) is 0 Å². The molecule has 1 aliphatic heterocycles. The summed E-state index contributed by atoms with van der Waals surface area (Å²) in [5.74, 6) is 0. The molecule has 1 unspecified atom stereocenters. The van der Waals surface area contributed by atoms with Crippen LogP contribution in [0.1, 0.15) is 18.9 Å². The van der Waals surface area contributed by atoms with Crippen LogP contribution in [-0.2, 0) is 0 Å². The quantitative estimate of drug-likeness (QED) is 0.848. The van der Waals surface area contributed by atoms with Crippen molar-refractivity contribution in [2.45, 2.75) is 19.4 Å². The van der Waals surface area contributed by atoms with E-state index in [0.717, 1.165) is 11.4 Å². The van der Waals surface area contributed by atoms with E-state index in [9.17, 15) is 0 Å². The van der Waals surface area contributed by atoms with Crippen LogP contribution < -0.4 is 5.32 Å². The molecule has 1 saturated heterocycles. The fourth-order valence-electron chi connectivity index (χ4n) is 2.40. The number of benzene rings is 1. The van der Waals surface area contributed by atoms with Crippen molar-refractivity contribution in [3.63, 3.8) is 0 Å². The lowest BCUT2D eigenvalue weighted by atomic mass is 10.0. The molecule has 1 aliphatic carbocycles. The molecular formula is C17H17NS. The number of allylic oxidation sites excluding steroid dienone is 5. The Bertz CT molecular complexity index is 593. The minimum Gasteiger partial charge on any atom is -0.373 e. The van der Waals surface area contributed by atoms with E-state index in [4.69, 9.17) is 0 Å². The summed E-state index contributed by atoms with van der Waals surface area (Å²) in [6, 6.07) is 11.0. The van der Waals surface area contributed by atoms with Gasteiger partial charge in [-0.1, -0.05) is 60.8 Å². The van der Waals surface area contributed by atoms with Crippen molar-refractivity contribution in [3.05, 3.63) is 76.2 Å². The summed E-state index contributed by atoms with van der Waals surface area (Å²) in [6.45, 7) is 6.15. The molecule has 0 saturated carbocycles. The van der Waals surface area contributed by atoms with Gasteiger partial charge in [-0.3, -0.25) is 0 Å². The molecule has 96 valence electrons. The first-order valence-electron chi connectivity index (χ1n) is 6.52. The normalized spacial score (nSPS) is 24.4. The van der Waals surface area contributed by atoms with E-state index in [1.54, 1.807) is 11.8 Å². The van der Waals surface area contributed by atoms with Crippen LogP contribution in [0.15, 0.2) is 70.6 Å². The Kier molecular flexibility index (Phi) is 3.34. The van der Waals surface area contributed by atoms with Gasteiger partial charge in [-0.15, -0.1) is 0 Å². The van der Waals surface area contributed by atoms with Crippen molar-refractivity contribution in [1.82, 2.24) is 5.32 Å². The smallest absolute Gasteiger partial charge is 0.0659 e. The molecule has 0 spiro atoms. The van der Waals surface area contributed by atoms with Crippen LogP contribution in [0.25, 0.3) is 5.57 Å². The molecule has 0 amide bonds. The number of hydrogen-bond acceptors (Lipinski definition) is 2. The third kappa shape index (κ3) is 2.69. The summed E-state index contributed by atoms with van der Waals surface area (Å²) in [4.78, 5) is 1.36. The Labute approximate surface area is 118 Å². The monoisotopic (exact) mass is 267 g/mol. The van der Waals surface area contributed by atoms with Gasteiger partial charge in [0.05, 0.1) is 11.1 Å². The minimum absolute atomic E-state index is 0.388. The van der Waals surface area contributed by atoms with Gasteiger partial charge in [-0.05, 0) is 36.1 Å². The summed E-state index contributed by atoms with van der Waals surface area (Å²) >= 11 is 1.75. The zero-order chi connectivity index (χ0) is 13.2. The molecular weight excluding hydrogens is 250 g/mol. The van der Waals surface area contributed by atoms with E-state index >= 15 is 0 Å². The van der Waals surface area contributed by atoms with Crippen LogP contribution in [-0.4, -0.2) is 6.04 Å². The molecule has 19 heavy (non-hydrogen) atoms. The van der Waals surface area contributed by atoms with Crippen molar-refractivity contribution >= 4 is 17.3 Å². The lowest BCUT2D eigenvalue weighted by Gasteiger charge is -2.06. The van der Waals surface area contributed by atoms with Gasteiger partial charge in [0.1, 0.15) is 0 Å². The predicted octanol–water partition coefficient (Wildman–Crippen LogP) is 4.48. The van der Waals surface area contributed by atoms with E-state index in [-0.39, 0.29) is 0 Å². The van der Waals surface area contributed by atoms with Gasteiger partial charge < -0.3 is 5.32 Å². The summed E-state index contributed by atoms with van der Waals surface area (Å²) in [5.41, 5.74) is 4.10. The van der Waals surface area contributed by atoms with Crippen LogP contribution in [0.2, 0.25) is 0 Å². The molecule has 2 aliphatic rings. The largest absolute Gasteiger partial charge is 0.373 e. The number of rotatable bonds is 2. The van der Waals surface area contributed by atoms with Gasteiger partial charge in [0.2, 0.25) is 0 Å². The molecule has 2 heteroatoms. The third-order valence-corrected chi connectivity index (χ3v) is 4.48. The number of hydrogen-bond donors (Lipinski definition) is 1. The number of thioether (sulfide) groups is 1. The van der Waals surface area contributed by atoms with E-state index in [1.165, 1.54) is 21.6 Å². The lowest BCUT2D eigenvalue weighted by molar-refractivity contribution is 0.771. The first kappa shape index (κ1) is 12.4. The zero-order valence-corrected chi connectivity index (χ0v) is 11.8. The first-order valence-corrected chi connectivity index (χ1v) is 7.34. The summed E-state index contributed by atoms with van der Waals surface area (Å²) in [5, 5.41) is 4.39. The van der Waals surface area contributed by atoms with E-state index < -0.39 is 0 Å². The van der Waals surface area contributed by atoms with E-state index in [0.29, 0.717) is 6.04 Å². The highest BCUT2D eigenvalue weighted by Gasteiger charge is 2.20. The first-order chi connectivity index (χ1) is 9.22. The highest BCUT2D eigenvalue weighted by atomic mass is 32.2. The SMILES string of the molecule is C=C1NC(C)/C(=C/C2=CC=C(c3ccccc3)C2)S1. The number of nitrogens with one attached hydrogen (secondary N) is 1. The molecule has 1 N–H and O–H groups in total. The maximum atomic E-state index is 3.97. The summed E-state index contributed by atoms with van der Waals surface area (Å²) in [6.07, 6.45) is 7.78.